The van der Waals surface area contributed by atoms with Gasteiger partial charge < -0.3 is 10.6 Å². The largest absolute Gasteiger partial charge is 0.354 e. The number of carbonyl (C=O) groups is 1. The van der Waals surface area contributed by atoms with Crippen molar-refractivity contribution in [1.82, 2.24) is 10.6 Å². The molecular formula is C16H26N2O. The summed E-state index contributed by atoms with van der Waals surface area (Å²) in [4.78, 5) is 11.9. The zero-order chi connectivity index (χ0) is 14.6. The Labute approximate surface area is 116 Å². The van der Waals surface area contributed by atoms with Gasteiger partial charge in [-0.15, -0.1) is 0 Å². The third kappa shape index (κ3) is 4.06. The van der Waals surface area contributed by atoms with Crippen molar-refractivity contribution in [2.45, 2.75) is 46.6 Å². The summed E-state index contributed by atoms with van der Waals surface area (Å²) < 4.78 is 0. The molecular weight excluding hydrogens is 236 g/mol. The Morgan fingerprint density at radius 2 is 1.68 bits per heavy atom. The van der Waals surface area contributed by atoms with Crippen LogP contribution in [0.4, 0.5) is 0 Å². The van der Waals surface area contributed by atoms with Gasteiger partial charge in [-0.25, -0.2) is 0 Å². The van der Waals surface area contributed by atoms with Gasteiger partial charge in [-0.1, -0.05) is 12.1 Å². The normalized spacial score (nSPS) is 11.5. The minimum atomic E-state index is -0.516. The molecule has 19 heavy (non-hydrogen) atoms. The minimum Gasteiger partial charge on any atom is -0.354 e. The van der Waals surface area contributed by atoms with Crippen LogP contribution in [0.2, 0.25) is 0 Å². The van der Waals surface area contributed by atoms with E-state index in [4.69, 9.17) is 0 Å². The predicted molar refractivity (Wildman–Crippen MR) is 80.5 cm³/mol. The standard InChI is InChI=1S/C16H26N2O/c1-11-9-13(3)14(10-12(11)2)7-8-18-15(19)16(4,5)17-6/h9-10,17H,7-8H2,1-6H3,(H,18,19). The number of aryl methyl sites for hydroxylation is 3. The van der Waals surface area contributed by atoms with Crippen LogP contribution >= 0.6 is 0 Å². The van der Waals surface area contributed by atoms with E-state index < -0.39 is 5.54 Å². The van der Waals surface area contributed by atoms with Crippen molar-refractivity contribution in [3.05, 3.63) is 34.4 Å². The van der Waals surface area contributed by atoms with Gasteiger partial charge >= 0.3 is 0 Å². The maximum absolute atomic E-state index is 11.9. The Balaban J connectivity index is 2.59. The maximum atomic E-state index is 11.9. The lowest BCUT2D eigenvalue weighted by Gasteiger charge is -2.22. The lowest BCUT2D eigenvalue weighted by Crippen LogP contribution is -2.51. The van der Waals surface area contributed by atoms with Gasteiger partial charge in [-0.3, -0.25) is 4.79 Å². The molecule has 0 spiro atoms. The van der Waals surface area contributed by atoms with Crippen LogP contribution in [0.15, 0.2) is 12.1 Å². The van der Waals surface area contributed by atoms with Crippen LogP contribution in [0.25, 0.3) is 0 Å². The van der Waals surface area contributed by atoms with Crippen molar-refractivity contribution in [1.29, 1.82) is 0 Å². The van der Waals surface area contributed by atoms with Crippen molar-refractivity contribution in [3.8, 4) is 0 Å². The number of hydrogen-bond acceptors (Lipinski definition) is 2. The molecule has 0 radical (unpaired) electrons. The topological polar surface area (TPSA) is 41.1 Å². The molecule has 1 amide bonds. The van der Waals surface area contributed by atoms with Crippen molar-refractivity contribution < 1.29 is 4.79 Å². The molecule has 3 nitrogen and oxygen atoms in total. The molecule has 1 rings (SSSR count). The lowest BCUT2D eigenvalue weighted by molar-refractivity contribution is -0.126. The SMILES string of the molecule is CNC(C)(C)C(=O)NCCc1cc(C)c(C)cc1C. The van der Waals surface area contributed by atoms with E-state index in [0.717, 1.165) is 6.42 Å². The molecule has 106 valence electrons. The first kappa shape index (κ1) is 15.7. The number of hydrogen-bond donors (Lipinski definition) is 2. The molecule has 0 saturated heterocycles. The Bertz CT molecular complexity index is 464. The van der Waals surface area contributed by atoms with Crippen molar-refractivity contribution >= 4 is 5.91 Å². The number of benzene rings is 1. The van der Waals surface area contributed by atoms with Crippen molar-refractivity contribution in [2.75, 3.05) is 13.6 Å². The second-order valence-corrected chi connectivity index (χ2v) is 5.74. The fourth-order valence-electron chi connectivity index (χ4n) is 1.93. The molecule has 0 bridgehead atoms. The van der Waals surface area contributed by atoms with E-state index in [2.05, 4.69) is 43.5 Å². The Kier molecular flexibility index (Phi) is 5.12. The summed E-state index contributed by atoms with van der Waals surface area (Å²) in [7, 11) is 1.80. The lowest BCUT2D eigenvalue weighted by atomic mass is 9.98. The van der Waals surface area contributed by atoms with E-state index in [-0.39, 0.29) is 5.91 Å². The first-order chi connectivity index (χ1) is 8.77. The molecule has 0 heterocycles. The van der Waals surface area contributed by atoms with Crippen LogP contribution in [-0.4, -0.2) is 25.0 Å². The van der Waals surface area contributed by atoms with Gasteiger partial charge in [-0.2, -0.15) is 0 Å². The molecule has 0 aliphatic rings. The van der Waals surface area contributed by atoms with Crippen LogP contribution in [0.1, 0.15) is 36.1 Å². The summed E-state index contributed by atoms with van der Waals surface area (Å²) in [6.45, 7) is 10.8. The predicted octanol–water partition coefficient (Wildman–Crippen LogP) is 2.27. The highest BCUT2D eigenvalue weighted by molar-refractivity contribution is 5.85. The summed E-state index contributed by atoms with van der Waals surface area (Å²) in [5.41, 5.74) is 4.72. The molecule has 0 atom stereocenters. The smallest absolute Gasteiger partial charge is 0.239 e. The fourth-order valence-corrected chi connectivity index (χ4v) is 1.93. The Hall–Kier alpha value is -1.35. The van der Waals surface area contributed by atoms with E-state index in [9.17, 15) is 4.79 Å². The average Bonchev–Trinajstić information content (AvgIpc) is 2.35. The highest BCUT2D eigenvalue weighted by Gasteiger charge is 2.24. The molecule has 1 aromatic carbocycles. The second kappa shape index (κ2) is 6.20. The molecule has 0 fully saturated rings. The maximum Gasteiger partial charge on any atom is 0.239 e. The molecule has 0 aromatic heterocycles. The highest BCUT2D eigenvalue weighted by atomic mass is 16.2. The van der Waals surface area contributed by atoms with E-state index in [1.807, 2.05) is 13.8 Å². The average molecular weight is 262 g/mol. The third-order valence-corrected chi connectivity index (χ3v) is 3.82. The number of nitrogens with one attached hydrogen (secondary N) is 2. The van der Waals surface area contributed by atoms with Gasteiger partial charge in [0, 0.05) is 6.54 Å². The van der Waals surface area contributed by atoms with Gasteiger partial charge in [0.25, 0.3) is 0 Å². The van der Waals surface area contributed by atoms with Crippen LogP contribution in [-0.2, 0) is 11.2 Å². The summed E-state index contributed by atoms with van der Waals surface area (Å²) in [5.74, 6) is 0.0384. The number of carbonyl (C=O) groups excluding carboxylic acids is 1. The summed E-state index contributed by atoms with van der Waals surface area (Å²) in [6.07, 6.45) is 0.873. The monoisotopic (exact) mass is 262 g/mol. The first-order valence-electron chi connectivity index (χ1n) is 6.82. The third-order valence-electron chi connectivity index (χ3n) is 3.82. The molecule has 2 N–H and O–H groups in total. The van der Waals surface area contributed by atoms with Gasteiger partial charge in [0.05, 0.1) is 5.54 Å². The van der Waals surface area contributed by atoms with E-state index in [0.29, 0.717) is 6.54 Å². The molecule has 0 saturated carbocycles. The minimum absolute atomic E-state index is 0.0384. The zero-order valence-electron chi connectivity index (χ0n) is 13.0. The van der Waals surface area contributed by atoms with E-state index in [1.165, 1.54) is 22.3 Å². The first-order valence-corrected chi connectivity index (χ1v) is 6.82. The van der Waals surface area contributed by atoms with Gasteiger partial charge in [0.15, 0.2) is 0 Å². The second-order valence-electron chi connectivity index (χ2n) is 5.74. The van der Waals surface area contributed by atoms with Gasteiger partial charge in [-0.05, 0) is 70.3 Å². The Morgan fingerprint density at radius 1 is 1.11 bits per heavy atom. The van der Waals surface area contributed by atoms with Crippen LogP contribution in [0.5, 0.6) is 0 Å². The van der Waals surface area contributed by atoms with Gasteiger partial charge in [0.2, 0.25) is 5.91 Å². The molecule has 0 aliphatic carbocycles. The number of amides is 1. The quantitative estimate of drug-likeness (QED) is 0.854. The highest BCUT2D eigenvalue weighted by Crippen LogP contribution is 2.15. The number of likely N-dealkylation sites (N-methyl/N-ethyl adjacent to an activating group) is 1. The fraction of sp³-hybridized carbons (Fsp3) is 0.562. The molecule has 3 heteroatoms. The summed E-state index contributed by atoms with van der Waals surface area (Å²) in [5, 5.41) is 5.99. The van der Waals surface area contributed by atoms with E-state index >= 15 is 0 Å². The summed E-state index contributed by atoms with van der Waals surface area (Å²) >= 11 is 0. The van der Waals surface area contributed by atoms with Crippen LogP contribution in [0, 0.1) is 20.8 Å². The molecule has 0 unspecified atom stereocenters. The molecule has 1 aromatic rings. The van der Waals surface area contributed by atoms with Gasteiger partial charge in [0.1, 0.15) is 0 Å². The van der Waals surface area contributed by atoms with E-state index in [1.54, 1.807) is 7.05 Å². The van der Waals surface area contributed by atoms with Crippen molar-refractivity contribution in [2.24, 2.45) is 0 Å². The Morgan fingerprint density at radius 3 is 2.26 bits per heavy atom. The zero-order valence-corrected chi connectivity index (χ0v) is 13.0. The van der Waals surface area contributed by atoms with Crippen LogP contribution < -0.4 is 10.6 Å². The molecule has 0 aliphatic heterocycles. The van der Waals surface area contributed by atoms with Crippen molar-refractivity contribution in [3.63, 3.8) is 0 Å². The number of rotatable bonds is 5. The van der Waals surface area contributed by atoms with Crippen LogP contribution in [0.3, 0.4) is 0 Å². The summed E-state index contributed by atoms with van der Waals surface area (Å²) in [6, 6.07) is 4.43.